The highest BCUT2D eigenvalue weighted by Crippen LogP contribution is 2.44. The molecule has 0 aromatic heterocycles. The number of phenols is 1. The monoisotopic (exact) mass is 469 g/mol. The molecule has 1 amide bonds. The van der Waals surface area contributed by atoms with E-state index in [0.717, 1.165) is 0 Å². The Labute approximate surface area is 193 Å². The predicted molar refractivity (Wildman–Crippen MR) is 122 cm³/mol. The smallest absolute Gasteiger partial charge is 0.300 e. The number of halogens is 2. The van der Waals surface area contributed by atoms with E-state index in [4.69, 9.17) is 27.9 Å². The van der Waals surface area contributed by atoms with E-state index in [1.807, 2.05) is 0 Å². The average Bonchev–Trinajstić information content (AvgIpc) is 3.04. The highest BCUT2D eigenvalue weighted by molar-refractivity contribution is 6.51. The van der Waals surface area contributed by atoms with E-state index >= 15 is 0 Å². The van der Waals surface area contributed by atoms with Crippen molar-refractivity contribution in [1.29, 1.82) is 0 Å². The zero-order chi connectivity index (χ0) is 23.0. The van der Waals surface area contributed by atoms with Crippen LogP contribution in [0.3, 0.4) is 0 Å². The number of benzene rings is 3. The van der Waals surface area contributed by atoms with Gasteiger partial charge in [-0.1, -0.05) is 35.3 Å². The molecule has 0 spiro atoms. The summed E-state index contributed by atoms with van der Waals surface area (Å²) >= 11 is 12.1. The number of aliphatic hydroxyl groups is 1. The van der Waals surface area contributed by atoms with Gasteiger partial charge in [-0.2, -0.15) is 0 Å². The molecule has 1 unspecified atom stereocenters. The van der Waals surface area contributed by atoms with Crippen LogP contribution in [-0.2, 0) is 9.59 Å². The molecule has 3 aromatic rings. The number of nitrogens with zero attached hydrogens (tertiary/aromatic N) is 1. The number of phenolic OH excluding ortho intramolecular Hbond substituents is 1. The molecule has 0 radical (unpaired) electrons. The lowest BCUT2D eigenvalue weighted by atomic mass is 9.95. The average molecular weight is 470 g/mol. The first-order valence-electron chi connectivity index (χ1n) is 9.51. The van der Waals surface area contributed by atoms with Crippen LogP contribution < -0.4 is 9.64 Å². The number of ether oxygens (including phenoxy) is 1. The first-order valence-corrected chi connectivity index (χ1v) is 10.3. The lowest BCUT2D eigenvalue weighted by Gasteiger charge is -2.26. The van der Waals surface area contributed by atoms with Crippen LogP contribution in [0.15, 0.2) is 72.3 Å². The molecule has 6 nitrogen and oxygen atoms in total. The van der Waals surface area contributed by atoms with Crippen LogP contribution in [0, 0.1) is 0 Å². The van der Waals surface area contributed by atoms with Crippen molar-refractivity contribution in [3.63, 3.8) is 0 Å². The molecular weight excluding hydrogens is 453 g/mol. The Bertz CT molecular complexity index is 1250. The molecular formula is C24H17Cl2NO5. The molecule has 0 saturated carbocycles. The maximum Gasteiger partial charge on any atom is 0.300 e. The molecule has 1 atom stereocenters. The van der Waals surface area contributed by atoms with E-state index in [-0.39, 0.29) is 22.8 Å². The van der Waals surface area contributed by atoms with Crippen molar-refractivity contribution in [2.45, 2.75) is 6.04 Å². The van der Waals surface area contributed by atoms with Crippen molar-refractivity contribution in [1.82, 2.24) is 0 Å². The van der Waals surface area contributed by atoms with Gasteiger partial charge in [0.2, 0.25) is 0 Å². The molecule has 162 valence electrons. The topological polar surface area (TPSA) is 87.1 Å². The summed E-state index contributed by atoms with van der Waals surface area (Å²) in [7, 11) is 1.41. The molecule has 1 saturated heterocycles. The Morgan fingerprint density at radius 1 is 0.969 bits per heavy atom. The van der Waals surface area contributed by atoms with Crippen LogP contribution in [0.4, 0.5) is 5.69 Å². The van der Waals surface area contributed by atoms with E-state index < -0.39 is 17.7 Å². The van der Waals surface area contributed by atoms with Gasteiger partial charge in [0.25, 0.3) is 11.7 Å². The van der Waals surface area contributed by atoms with E-state index in [9.17, 15) is 19.8 Å². The van der Waals surface area contributed by atoms with Gasteiger partial charge < -0.3 is 14.9 Å². The minimum atomic E-state index is -1.01. The van der Waals surface area contributed by atoms with Crippen LogP contribution in [-0.4, -0.2) is 29.0 Å². The second-order valence-electron chi connectivity index (χ2n) is 7.09. The predicted octanol–water partition coefficient (Wildman–Crippen LogP) is 5.33. The van der Waals surface area contributed by atoms with Gasteiger partial charge >= 0.3 is 0 Å². The fraction of sp³-hybridized carbons (Fsp3) is 0.0833. The molecule has 8 heteroatoms. The van der Waals surface area contributed by atoms with E-state index in [1.165, 1.54) is 24.1 Å². The van der Waals surface area contributed by atoms with Crippen molar-refractivity contribution < 1.29 is 24.5 Å². The van der Waals surface area contributed by atoms with Gasteiger partial charge in [0.15, 0.2) is 11.5 Å². The van der Waals surface area contributed by atoms with Crippen LogP contribution in [0.1, 0.15) is 17.2 Å². The van der Waals surface area contributed by atoms with Gasteiger partial charge in [-0.25, -0.2) is 0 Å². The number of hydrogen-bond donors (Lipinski definition) is 2. The zero-order valence-corrected chi connectivity index (χ0v) is 18.3. The number of ketones is 1. The second-order valence-corrected chi connectivity index (χ2v) is 7.96. The number of anilines is 1. The summed E-state index contributed by atoms with van der Waals surface area (Å²) in [6.45, 7) is 0. The van der Waals surface area contributed by atoms with Crippen LogP contribution in [0.25, 0.3) is 5.76 Å². The Kier molecular flexibility index (Phi) is 5.82. The van der Waals surface area contributed by atoms with Crippen molar-refractivity contribution >= 4 is 46.3 Å². The minimum Gasteiger partial charge on any atom is -0.507 e. The molecule has 3 aromatic carbocycles. The number of carbonyl (C=O) groups excluding carboxylic acids is 2. The molecule has 1 fully saturated rings. The van der Waals surface area contributed by atoms with Crippen molar-refractivity contribution in [2.24, 2.45) is 0 Å². The third-order valence-electron chi connectivity index (χ3n) is 5.17. The quantitative estimate of drug-likeness (QED) is 0.306. The van der Waals surface area contributed by atoms with Gasteiger partial charge in [-0.05, 0) is 60.2 Å². The van der Waals surface area contributed by atoms with Crippen molar-refractivity contribution in [3.8, 4) is 11.5 Å². The summed E-state index contributed by atoms with van der Waals surface area (Å²) in [6, 6.07) is 16.2. The normalized spacial score (nSPS) is 17.6. The number of hydrogen-bond acceptors (Lipinski definition) is 5. The first kappa shape index (κ1) is 21.7. The first-order chi connectivity index (χ1) is 15.3. The molecule has 1 aliphatic rings. The summed E-state index contributed by atoms with van der Waals surface area (Å²) in [4.78, 5) is 27.4. The maximum absolute atomic E-state index is 13.1. The number of Topliss-reactive ketones (excluding diaryl/α,β-unsaturated/α-hetero) is 1. The largest absolute Gasteiger partial charge is 0.507 e. The molecule has 2 N–H and O–H groups in total. The Morgan fingerprint density at radius 2 is 1.69 bits per heavy atom. The Hall–Kier alpha value is -3.48. The number of rotatable bonds is 4. The van der Waals surface area contributed by atoms with E-state index in [0.29, 0.717) is 26.9 Å². The van der Waals surface area contributed by atoms with Crippen molar-refractivity contribution in [3.05, 3.63) is 93.5 Å². The summed E-state index contributed by atoms with van der Waals surface area (Å²) in [5.74, 6) is -2.00. The van der Waals surface area contributed by atoms with Gasteiger partial charge in [0.05, 0.1) is 18.7 Å². The fourth-order valence-electron chi connectivity index (χ4n) is 3.68. The standard InChI is InChI=1S/C24H17Cl2NO5/c1-32-19-10-7-14(11-18(19)28)21-20(22(29)13-5-8-15(25)9-6-13)23(30)24(31)27(21)17-4-2-3-16(26)12-17/h2-12,21,28-29H,1H3/b22-20-. The molecule has 32 heavy (non-hydrogen) atoms. The van der Waals surface area contributed by atoms with Crippen molar-refractivity contribution in [2.75, 3.05) is 12.0 Å². The minimum absolute atomic E-state index is 0.123. The lowest BCUT2D eigenvalue weighted by Crippen LogP contribution is -2.29. The molecule has 4 rings (SSSR count). The maximum atomic E-state index is 13.1. The SMILES string of the molecule is COc1ccc(C2/C(=C(/O)c3ccc(Cl)cc3)C(=O)C(=O)N2c2cccc(Cl)c2)cc1O. The Balaban J connectivity index is 1.96. The fourth-order valence-corrected chi connectivity index (χ4v) is 3.99. The molecule has 0 aliphatic carbocycles. The Morgan fingerprint density at radius 3 is 2.31 bits per heavy atom. The zero-order valence-electron chi connectivity index (χ0n) is 16.8. The third-order valence-corrected chi connectivity index (χ3v) is 5.65. The van der Waals surface area contributed by atoms with Crippen LogP contribution in [0.5, 0.6) is 11.5 Å². The number of amides is 1. The van der Waals surface area contributed by atoms with Gasteiger partial charge in [0, 0.05) is 21.3 Å². The number of methoxy groups -OCH3 is 1. The number of carbonyl (C=O) groups is 2. The summed E-state index contributed by atoms with van der Waals surface area (Å²) in [6.07, 6.45) is 0. The van der Waals surface area contributed by atoms with Gasteiger partial charge in [0.1, 0.15) is 5.76 Å². The highest BCUT2D eigenvalue weighted by atomic mass is 35.5. The number of aliphatic hydroxyl groups excluding tert-OH is 1. The van der Waals surface area contributed by atoms with Gasteiger partial charge in [-0.15, -0.1) is 0 Å². The second kappa shape index (κ2) is 8.57. The van der Waals surface area contributed by atoms with E-state index in [2.05, 4.69) is 0 Å². The summed E-state index contributed by atoms with van der Waals surface area (Å²) < 4.78 is 5.10. The van der Waals surface area contributed by atoms with Gasteiger partial charge in [-0.3, -0.25) is 14.5 Å². The van der Waals surface area contributed by atoms with Crippen LogP contribution in [0.2, 0.25) is 10.0 Å². The van der Waals surface area contributed by atoms with E-state index in [1.54, 1.807) is 54.6 Å². The third kappa shape index (κ3) is 3.79. The number of aromatic hydroxyl groups is 1. The summed E-state index contributed by atoms with van der Waals surface area (Å²) in [5, 5.41) is 22.2. The highest BCUT2D eigenvalue weighted by Gasteiger charge is 2.47. The van der Waals surface area contributed by atoms with Crippen LogP contribution >= 0.6 is 23.2 Å². The lowest BCUT2D eigenvalue weighted by molar-refractivity contribution is -0.132. The molecule has 1 heterocycles. The molecule has 1 aliphatic heterocycles. The summed E-state index contributed by atoms with van der Waals surface area (Å²) in [5.41, 5.74) is 0.969. The molecule has 0 bridgehead atoms.